The Bertz CT molecular complexity index is 860. The zero-order valence-corrected chi connectivity index (χ0v) is 16.4. The van der Waals surface area contributed by atoms with Crippen LogP contribution >= 0.6 is 23.1 Å². The summed E-state index contributed by atoms with van der Waals surface area (Å²) in [5.74, 6) is 1.51. The van der Waals surface area contributed by atoms with Crippen LogP contribution in [0.2, 0.25) is 0 Å². The van der Waals surface area contributed by atoms with Crippen molar-refractivity contribution in [2.24, 2.45) is 7.05 Å². The summed E-state index contributed by atoms with van der Waals surface area (Å²) in [6.07, 6.45) is 0. The lowest BCUT2D eigenvalue weighted by Crippen LogP contribution is -2.22. The molecule has 0 bridgehead atoms. The van der Waals surface area contributed by atoms with Gasteiger partial charge in [0, 0.05) is 12.7 Å². The third-order valence-corrected chi connectivity index (χ3v) is 5.66. The number of ether oxygens (including phenoxy) is 1. The summed E-state index contributed by atoms with van der Waals surface area (Å²) in [6, 6.07) is 11.3. The molecule has 1 aromatic carbocycles. The highest BCUT2D eigenvalue weighted by Gasteiger charge is 2.19. The van der Waals surface area contributed by atoms with Gasteiger partial charge in [0.2, 0.25) is 5.91 Å². The second-order valence-corrected chi connectivity index (χ2v) is 7.80. The second kappa shape index (κ2) is 8.37. The van der Waals surface area contributed by atoms with Crippen LogP contribution in [0.15, 0.2) is 46.9 Å². The standard InChI is InChI=1S/C18H20N4O2S2/c1-4-24-14-9-7-13(8-10-14)19-17(23)12(2)26-18-21-20-16(22(18)3)15-6-5-11-25-15/h5-12H,4H2,1-3H3,(H,19,23). The van der Waals surface area contributed by atoms with Crippen LogP contribution in [0.5, 0.6) is 5.75 Å². The highest BCUT2D eigenvalue weighted by Crippen LogP contribution is 2.28. The monoisotopic (exact) mass is 388 g/mol. The van der Waals surface area contributed by atoms with Crippen molar-refractivity contribution >= 4 is 34.7 Å². The van der Waals surface area contributed by atoms with Crippen molar-refractivity contribution in [1.29, 1.82) is 0 Å². The van der Waals surface area contributed by atoms with Gasteiger partial charge in [0.1, 0.15) is 5.75 Å². The van der Waals surface area contributed by atoms with Gasteiger partial charge >= 0.3 is 0 Å². The second-order valence-electron chi connectivity index (χ2n) is 5.55. The molecule has 3 aromatic rings. The van der Waals surface area contributed by atoms with E-state index in [1.807, 2.05) is 67.2 Å². The molecule has 0 radical (unpaired) electrons. The fourth-order valence-electron chi connectivity index (χ4n) is 2.29. The average molecular weight is 389 g/mol. The Labute approximate surface area is 160 Å². The largest absolute Gasteiger partial charge is 0.494 e. The van der Waals surface area contributed by atoms with E-state index in [1.54, 1.807) is 11.3 Å². The number of anilines is 1. The van der Waals surface area contributed by atoms with E-state index in [0.29, 0.717) is 11.8 Å². The summed E-state index contributed by atoms with van der Waals surface area (Å²) >= 11 is 3.00. The maximum atomic E-state index is 12.5. The maximum Gasteiger partial charge on any atom is 0.237 e. The number of carbonyl (C=O) groups is 1. The highest BCUT2D eigenvalue weighted by atomic mass is 32.2. The number of carbonyl (C=O) groups excluding carboxylic acids is 1. The Hall–Kier alpha value is -2.32. The minimum absolute atomic E-state index is 0.0835. The van der Waals surface area contributed by atoms with Crippen molar-refractivity contribution in [1.82, 2.24) is 14.8 Å². The number of amides is 1. The first-order chi connectivity index (χ1) is 12.6. The minimum atomic E-state index is -0.305. The van der Waals surface area contributed by atoms with Crippen molar-refractivity contribution in [2.45, 2.75) is 24.3 Å². The Kier molecular flexibility index (Phi) is 5.95. The summed E-state index contributed by atoms with van der Waals surface area (Å²) < 4.78 is 7.32. The van der Waals surface area contributed by atoms with Gasteiger partial charge in [0.05, 0.1) is 16.7 Å². The number of benzene rings is 1. The van der Waals surface area contributed by atoms with E-state index in [9.17, 15) is 4.79 Å². The number of hydrogen-bond donors (Lipinski definition) is 1. The number of thioether (sulfide) groups is 1. The lowest BCUT2D eigenvalue weighted by atomic mass is 10.3. The Morgan fingerprint density at radius 1 is 1.31 bits per heavy atom. The third kappa shape index (κ3) is 4.25. The van der Waals surface area contributed by atoms with Crippen LogP contribution in [0.1, 0.15) is 13.8 Å². The highest BCUT2D eigenvalue weighted by molar-refractivity contribution is 8.00. The molecule has 0 saturated heterocycles. The van der Waals surface area contributed by atoms with Gasteiger partial charge in [-0.05, 0) is 49.6 Å². The summed E-state index contributed by atoms with van der Waals surface area (Å²) in [7, 11) is 1.91. The minimum Gasteiger partial charge on any atom is -0.494 e. The van der Waals surface area contributed by atoms with Gasteiger partial charge in [-0.15, -0.1) is 21.5 Å². The fourth-order valence-corrected chi connectivity index (χ4v) is 3.85. The predicted molar refractivity (Wildman–Crippen MR) is 106 cm³/mol. The van der Waals surface area contributed by atoms with Crippen molar-refractivity contribution in [3.63, 3.8) is 0 Å². The zero-order valence-electron chi connectivity index (χ0n) is 14.8. The molecule has 3 rings (SSSR count). The number of nitrogens with one attached hydrogen (secondary N) is 1. The number of hydrogen-bond acceptors (Lipinski definition) is 6. The van der Waals surface area contributed by atoms with E-state index in [4.69, 9.17) is 4.74 Å². The smallest absolute Gasteiger partial charge is 0.237 e. The Balaban J connectivity index is 1.62. The number of rotatable bonds is 7. The molecule has 1 N–H and O–H groups in total. The first-order valence-corrected chi connectivity index (χ1v) is 9.98. The topological polar surface area (TPSA) is 69.0 Å². The molecule has 0 fully saturated rings. The van der Waals surface area contributed by atoms with Crippen molar-refractivity contribution in [3.05, 3.63) is 41.8 Å². The summed E-state index contributed by atoms with van der Waals surface area (Å²) in [5, 5.41) is 13.8. The van der Waals surface area contributed by atoms with Crippen LogP contribution in [0, 0.1) is 0 Å². The van der Waals surface area contributed by atoms with Crippen molar-refractivity contribution < 1.29 is 9.53 Å². The molecule has 0 spiro atoms. The maximum absolute atomic E-state index is 12.5. The molecule has 8 heteroatoms. The summed E-state index contributed by atoms with van der Waals surface area (Å²) in [6.45, 7) is 4.41. The predicted octanol–water partition coefficient (Wildman–Crippen LogP) is 4.06. The van der Waals surface area contributed by atoms with E-state index in [1.165, 1.54) is 11.8 Å². The van der Waals surface area contributed by atoms with E-state index in [-0.39, 0.29) is 11.2 Å². The third-order valence-electron chi connectivity index (χ3n) is 3.66. The molecule has 0 aliphatic carbocycles. The zero-order chi connectivity index (χ0) is 18.5. The first-order valence-electron chi connectivity index (χ1n) is 8.22. The van der Waals surface area contributed by atoms with Crippen LogP contribution < -0.4 is 10.1 Å². The molecule has 1 unspecified atom stereocenters. The van der Waals surface area contributed by atoms with E-state index < -0.39 is 0 Å². The normalized spacial score (nSPS) is 12.0. The SMILES string of the molecule is CCOc1ccc(NC(=O)C(C)Sc2nnc(-c3cccs3)n2C)cc1. The molecule has 2 heterocycles. The van der Waals surface area contributed by atoms with Crippen molar-refractivity contribution in [2.75, 3.05) is 11.9 Å². The molecule has 0 saturated carbocycles. The van der Waals surface area contributed by atoms with Gasteiger partial charge in [0.25, 0.3) is 0 Å². The molecule has 1 atom stereocenters. The van der Waals surface area contributed by atoms with Gasteiger partial charge in [-0.1, -0.05) is 17.8 Å². The molecule has 6 nitrogen and oxygen atoms in total. The molecular weight excluding hydrogens is 368 g/mol. The molecule has 0 aliphatic rings. The van der Waals surface area contributed by atoms with Gasteiger partial charge < -0.3 is 14.6 Å². The fraction of sp³-hybridized carbons (Fsp3) is 0.278. The van der Waals surface area contributed by atoms with Gasteiger partial charge in [0.15, 0.2) is 11.0 Å². The van der Waals surface area contributed by atoms with Crippen LogP contribution in [-0.4, -0.2) is 32.5 Å². The number of nitrogens with zero attached hydrogens (tertiary/aromatic N) is 3. The summed E-state index contributed by atoms with van der Waals surface area (Å²) in [4.78, 5) is 13.5. The van der Waals surface area contributed by atoms with E-state index in [2.05, 4.69) is 15.5 Å². The molecule has 1 amide bonds. The van der Waals surface area contributed by atoms with E-state index >= 15 is 0 Å². The molecule has 136 valence electrons. The molecule has 2 aromatic heterocycles. The Morgan fingerprint density at radius 3 is 2.73 bits per heavy atom. The molecular formula is C18H20N4O2S2. The van der Waals surface area contributed by atoms with Gasteiger partial charge in [-0.25, -0.2) is 0 Å². The lowest BCUT2D eigenvalue weighted by Gasteiger charge is -2.12. The molecule has 0 aliphatic heterocycles. The van der Waals surface area contributed by atoms with Crippen LogP contribution in [0.3, 0.4) is 0 Å². The van der Waals surface area contributed by atoms with Crippen LogP contribution in [0.25, 0.3) is 10.7 Å². The summed E-state index contributed by atoms with van der Waals surface area (Å²) in [5.41, 5.74) is 0.739. The van der Waals surface area contributed by atoms with E-state index in [0.717, 1.165) is 22.1 Å². The number of aromatic nitrogens is 3. The van der Waals surface area contributed by atoms with Gasteiger partial charge in [-0.2, -0.15) is 0 Å². The van der Waals surface area contributed by atoms with Gasteiger partial charge in [-0.3, -0.25) is 4.79 Å². The van der Waals surface area contributed by atoms with Crippen LogP contribution in [0.4, 0.5) is 5.69 Å². The average Bonchev–Trinajstić information content (AvgIpc) is 3.27. The number of thiophene rings is 1. The molecule has 26 heavy (non-hydrogen) atoms. The lowest BCUT2D eigenvalue weighted by molar-refractivity contribution is -0.115. The Morgan fingerprint density at radius 2 is 2.08 bits per heavy atom. The van der Waals surface area contributed by atoms with Crippen LogP contribution in [-0.2, 0) is 11.8 Å². The quantitative estimate of drug-likeness (QED) is 0.618. The first kappa shape index (κ1) is 18.5. The van der Waals surface area contributed by atoms with Crippen molar-refractivity contribution in [3.8, 4) is 16.5 Å².